The summed E-state index contributed by atoms with van der Waals surface area (Å²) in [6, 6.07) is 4.42. The maximum absolute atomic E-state index is 12.9. The largest absolute Gasteiger partial charge is 0.388 e. The number of rotatable bonds is 3. The van der Waals surface area contributed by atoms with Gasteiger partial charge in [-0.1, -0.05) is 6.07 Å². The molecule has 0 fully saturated rings. The van der Waals surface area contributed by atoms with Crippen molar-refractivity contribution in [3.05, 3.63) is 49.2 Å². The average molecular weight is 363 g/mol. The molecule has 2 nitrogen and oxygen atoms in total. The molecule has 0 aliphatic carbocycles. The molecule has 0 spiro atoms. The van der Waals surface area contributed by atoms with Crippen molar-refractivity contribution < 1.29 is 9.50 Å². The molecule has 2 aromatic rings. The molecule has 0 aliphatic rings. The number of thiazole rings is 1. The predicted molar refractivity (Wildman–Crippen MR) is 74.6 cm³/mol. The first-order valence-electron chi connectivity index (χ1n) is 5.10. The monoisotopic (exact) mass is 363 g/mol. The summed E-state index contributed by atoms with van der Waals surface area (Å²) in [4.78, 5) is 4.31. The van der Waals surface area contributed by atoms with Gasteiger partial charge in [-0.2, -0.15) is 0 Å². The van der Waals surface area contributed by atoms with Crippen LogP contribution in [0.15, 0.2) is 23.6 Å². The molecule has 0 radical (unpaired) electrons. The van der Waals surface area contributed by atoms with Crippen LogP contribution in [0.25, 0.3) is 0 Å². The standard InChI is InChI=1S/C12H11FINOS/c1-7-6-17-12(15-7)5-11(16)9-3-2-8(13)4-10(9)14/h2-4,6,11,16H,5H2,1H3. The van der Waals surface area contributed by atoms with E-state index in [0.717, 1.165) is 19.8 Å². The van der Waals surface area contributed by atoms with E-state index < -0.39 is 6.10 Å². The highest BCUT2D eigenvalue weighted by atomic mass is 127. The molecule has 0 amide bonds. The van der Waals surface area contributed by atoms with Crippen molar-refractivity contribution in [3.63, 3.8) is 0 Å². The lowest BCUT2D eigenvalue weighted by molar-refractivity contribution is 0.177. The molecule has 0 saturated carbocycles. The third-order valence-electron chi connectivity index (χ3n) is 2.36. The second-order valence-corrected chi connectivity index (χ2v) is 5.87. The number of aromatic nitrogens is 1. The summed E-state index contributed by atoms with van der Waals surface area (Å²) in [5, 5.41) is 12.9. The van der Waals surface area contributed by atoms with Crippen LogP contribution >= 0.6 is 33.9 Å². The number of halogens is 2. The van der Waals surface area contributed by atoms with Crippen molar-refractivity contribution in [2.24, 2.45) is 0 Å². The van der Waals surface area contributed by atoms with Gasteiger partial charge in [-0.15, -0.1) is 11.3 Å². The topological polar surface area (TPSA) is 33.1 Å². The number of aliphatic hydroxyl groups excluding tert-OH is 1. The molecule has 0 bridgehead atoms. The Hall–Kier alpha value is -0.530. The van der Waals surface area contributed by atoms with Gasteiger partial charge in [-0.25, -0.2) is 9.37 Å². The molecule has 1 heterocycles. The summed E-state index contributed by atoms with van der Waals surface area (Å²) in [6.45, 7) is 1.92. The molecule has 90 valence electrons. The van der Waals surface area contributed by atoms with Crippen LogP contribution < -0.4 is 0 Å². The van der Waals surface area contributed by atoms with Gasteiger partial charge in [0.1, 0.15) is 5.82 Å². The minimum atomic E-state index is -0.631. The fourth-order valence-electron chi connectivity index (χ4n) is 1.54. The summed E-state index contributed by atoms with van der Waals surface area (Å²) in [7, 11) is 0. The number of aliphatic hydroxyl groups is 1. The maximum Gasteiger partial charge on any atom is 0.124 e. The molecule has 1 unspecified atom stereocenters. The Morgan fingerprint density at radius 2 is 2.29 bits per heavy atom. The quantitative estimate of drug-likeness (QED) is 0.848. The first kappa shape index (κ1) is 12.9. The third-order valence-corrected chi connectivity index (χ3v) is 4.28. The van der Waals surface area contributed by atoms with Crippen LogP contribution in [0.2, 0.25) is 0 Å². The molecule has 17 heavy (non-hydrogen) atoms. The van der Waals surface area contributed by atoms with Gasteiger partial charge in [-0.05, 0) is 47.2 Å². The van der Waals surface area contributed by atoms with E-state index in [2.05, 4.69) is 4.98 Å². The van der Waals surface area contributed by atoms with E-state index in [-0.39, 0.29) is 5.82 Å². The van der Waals surface area contributed by atoms with Gasteiger partial charge in [0.05, 0.1) is 11.1 Å². The van der Waals surface area contributed by atoms with Crippen LogP contribution in [0, 0.1) is 16.3 Å². The van der Waals surface area contributed by atoms with Gasteiger partial charge >= 0.3 is 0 Å². The normalized spacial score (nSPS) is 12.7. The maximum atomic E-state index is 12.9. The lowest BCUT2D eigenvalue weighted by Crippen LogP contribution is -2.04. The van der Waals surface area contributed by atoms with Crippen LogP contribution in [0.3, 0.4) is 0 Å². The fraction of sp³-hybridized carbons (Fsp3) is 0.250. The predicted octanol–water partition coefficient (Wildman–Crippen LogP) is 3.47. The SMILES string of the molecule is Cc1csc(CC(O)c2ccc(F)cc2I)n1. The fourth-order valence-corrected chi connectivity index (χ4v) is 3.19. The second kappa shape index (κ2) is 5.41. The Morgan fingerprint density at radius 3 is 2.88 bits per heavy atom. The highest BCUT2D eigenvalue weighted by molar-refractivity contribution is 14.1. The molecule has 1 aromatic heterocycles. The van der Waals surface area contributed by atoms with Gasteiger partial charge in [0.15, 0.2) is 0 Å². The highest BCUT2D eigenvalue weighted by Gasteiger charge is 2.14. The average Bonchev–Trinajstić information content (AvgIpc) is 2.63. The third kappa shape index (κ3) is 3.23. The molecule has 0 saturated heterocycles. The summed E-state index contributed by atoms with van der Waals surface area (Å²) in [6.07, 6.45) is -0.159. The van der Waals surface area contributed by atoms with Crippen LogP contribution in [0.4, 0.5) is 4.39 Å². The smallest absolute Gasteiger partial charge is 0.124 e. The van der Waals surface area contributed by atoms with Crippen molar-refractivity contribution in [3.8, 4) is 0 Å². The highest BCUT2D eigenvalue weighted by Crippen LogP contribution is 2.25. The van der Waals surface area contributed by atoms with Gasteiger partial charge in [0, 0.05) is 21.1 Å². The van der Waals surface area contributed by atoms with E-state index in [1.807, 2.05) is 34.9 Å². The summed E-state index contributed by atoms with van der Waals surface area (Å²) < 4.78 is 13.7. The Labute approximate surface area is 117 Å². The van der Waals surface area contributed by atoms with Gasteiger partial charge in [0.25, 0.3) is 0 Å². The Morgan fingerprint density at radius 1 is 1.53 bits per heavy atom. The number of hydrogen-bond donors (Lipinski definition) is 1. The van der Waals surface area contributed by atoms with Gasteiger partial charge < -0.3 is 5.11 Å². The molecule has 1 aromatic carbocycles. The zero-order valence-corrected chi connectivity index (χ0v) is 12.1. The minimum absolute atomic E-state index is 0.282. The van der Waals surface area contributed by atoms with Crippen LogP contribution in [0.5, 0.6) is 0 Å². The van der Waals surface area contributed by atoms with Crippen molar-refractivity contribution in [2.45, 2.75) is 19.4 Å². The number of aryl methyl sites for hydroxylation is 1. The van der Waals surface area contributed by atoms with E-state index in [0.29, 0.717) is 6.42 Å². The number of benzene rings is 1. The van der Waals surface area contributed by atoms with Crippen molar-refractivity contribution in [2.75, 3.05) is 0 Å². The summed E-state index contributed by atoms with van der Waals surface area (Å²) >= 11 is 3.57. The van der Waals surface area contributed by atoms with E-state index in [1.54, 1.807) is 6.07 Å². The first-order chi connectivity index (χ1) is 8.06. The molecule has 1 N–H and O–H groups in total. The Balaban J connectivity index is 2.17. The minimum Gasteiger partial charge on any atom is -0.388 e. The number of nitrogens with zero attached hydrogens (tertiary/aromatic N) is 1. The Bertz CT molecular complexity index is 529. The zero-order chi connectivity index (χ0) is 12.4. The molecule has 0 aliphatic heterocycles. The second-order valence-electron chi connectivity index (χ2n) is 3.77. The van der Waals surface area contributed by atoms with E-state index >= 15 is 0 Å². The van der Waals surface area contributed by atoms with E-state index in [9.17, 15) is 9.50 Å². The first-order valence-corrected chi connectivity index (χ1v) is 7.06. The van der Waals surface area contributed by atoms with Crippen LogP contribution in [-0.4, -0.2) is 10.1 Å². The lowest BCUT2D eigenvalue weighted by atomic mass is 10.1. The lowest BCUT2D eigenvalue weighted by Gasteiger charge is -2.11. The molecule has 2 rings (SSSR count). The van der Waals surface area contributed by atoms with Crippen molar-refractivity contribution in [1.82, 2.24) is 4.98 Å². The zero-order valence-electron chi connectivity index (χ0n) is 9.15. The van der Waals surface area contributed by atoms with Crippen molar-refractivity contribution in [1.29, 1.82) is 0 Å². The van der Waals surface area contributed by atoms with E-state index in [1.165, 1.54) is 23.5 Å². The molecular weight excluding hydrogens is 352 g/mol. The van der Waals surface area contributed by atoms with Crippen LogP contribution in [-0.2, 0) is 6.42 Å². The summed E-state index contributed by atoms with van der Waals surface area (Å²) in [5.41, 5.74) is 1.71. The van der Waals surface area contributed by atoms with Gasteiger partial charge in [-0.3, -0.25) is 0 Å². The van der Waals surface area contributed by atoms with Crippen molar-refractivity contribution >= 4 is 33.9 Å². The van der Waals surface area contributed by atoms with E-state index in [4.69, 9.17) is 0 Å². The molecule has 1 atom stereocenters. The Kier molecular flexibility index (Phi) is 4.11. The molecule has 5 heteroatoms. The van der Waals surface area contributed by atoms with Gasteiger partial charge in [0.2, 0.25) is 0 Å². The van der Waals surface area contributed by atoms with Crippen LogP contribution in [0.1, 0.15) is 22.4 Å². The number of hydrogen-bond acceptors (Lipinski definition) is 3. The molecular formula is C12H11FINOS. The summed E-state index contributed by atoms with van der Waals surface area (Å²) in [5.74, 6) is -0.282.